The van der Waals surface area contributed by atoms with Crippen LogP contribution < -0.4 is 5.32 Å². The number of hydrogen-bond acceptors (Lipinski definition) is 4. The molecule has 0 aliphatic carbocycles. The van der Waals surface area contributed by atoms with Gasteiger partial charge in [0.1, 0.15) is 17.6 Å². The summed E-state index contributed by atoms with van der Waals surface area (Å²) in [6, 6.07) is 7.78. The van der Waals surface area contributed by atoms with Gasteiger partial charge in [-0.15, -0.1) is 0 Å². The van der Waals surface area contributed by atoms with E-state index in [0.717, 1.165) is 23.0 Å². The first-order chi connectivity index (χ1) is 10.8. The van der Waals surface area contributed by atoms with Crippen LogP contribution in [0.4, 0.5) is 0 Å². The van der Waals surface area contributed by atoms with Gasteiger partial charge in [-0.1, -0.05) is 11.2 Å². The Morgan fingerprint density at radius 2 is 2.27 bits per heavy atom. The summed E-state index contributed by atoms with van der Waals surface area (Å²) in [5.74, 6) is 0.778. The van der Waals surface area contributed by atoms with Crippen molar-refractivity contribution in [2.45, 2.75) is 13.1 Å². The zero-order valence-corrected chi connectivity index (χ0v) is 12.6. The van der Waals surface area contributed by atoms with Gasteiger partial charge in [-0.25, -0.2) is 4.98 Å². The van der Waals surface area contributed by atoms with Crippen molar-refractivity contribution in [3.8, 4) is 0 Å². The van der Waals surface area contributed by atoms with Crippen molar-refractivity contribution >= 4 is 11.6 Å². The summed E-state index contributed by atoms with van der Waals surface area (Å²) in [5, 5.41) is 7.21. The van der Waals surface area contributed by atoms with Crippen molar-refractivity contribution in [1.82, 2.24) is 24.8 Å². The van der Waals surface area contributed by atoms with Crippen molar-refractivity contribution in [2.75, 3.05) is 14.1 Å². The first-order valence-electron chi connectivity index (χ1n) is 7.00. The number of aliphatic imine (C=N–C) groups is 1. The fourth-order valence-corrected chi connectivity index (χ4v) is 2.26. The van der Waals surface area contributed by atoms with E-state index >= 15 is 0 Å². The van der Waals surface area contributed by atoms with Gasteiger partial charge in [0.15, 0.2) is 5.96 Å². The van der Waals surface area contributed by atoms with E-state index < -0.39 is 0 Å². The number of aromatic nitrogens is 3. The molecule has 3 rings (SSSR count). The summed E-state index contributed by atoms with van der Waals surface area (Å²) < 4.78 is 6.84. The van der Waals surface area contributed by atoms with E-state index in [4.69, 9.17) is 4.52 Å². The highest BCUT2D eigenvalue weighted by molar-refractivity contribution is 5.79. The van der Waals surface area contributed by atoms with Crippen molar-refractivity contribution in [3.63, 3.8) is 0 Å². The summed E-state index contributed by atoms with van der Waals surface area (Å²) in [6.07, 6.45) is 5.56. The zero-order chi connectivity index (χ0) is 15.4. The molecule has 0 amide bonds. The molecule has 7 nitrogen and oxygen atoms in total. The maximum atomic E-state index is 4.84. The van der Waals surface area contributed by atoms with Crippen LogP contribution in [0.1, 0.15) is 11.4 Å². The molecule has 0 saturated heterocycles. The first kappa shape index (κ1) is 14.1. The highest BCUT2D eigenvalue weighted by atomic mass is 16.5. The Labute approximate surface area is 128 Å². The number of nitrogens with one attached hydrogen (secondary N) is 1. The van der Waals surface area contributed by atoms with Crippen LogP contribution in [0.5, 0.6) is 0 Å². The van der Waals surface area contributed by atoms with Gasteiger partial charge < -0.3 is 19.1 Å². The quantitative estimate of drug-likeness (QED) is 0.584. The minimum absolute atomic E-state index is 0.609. The lowest BCUT2D eigenvalue weighted by atomic mass is 10.4. The first-order valence-corrected chi connectivity index (χ1v) is 7.00. The molecule has 1 N–H and O–H groups in total. The second-order valence-electron chi connectivity index (χ2n) is 4.95. The third-order valence-electron chi connectivity index (χ3n) is 3.31. The van der Waals surface area contributed by atoms with Gasteiger partial charge in [0.2, 0.25) is 0 Å². The van der Waals surface area contributed by atoms with Crippen LogP contribution in [0.15, 0.2) is 52.4 Å². The monoisotopic (exact) mass is 298 g/mol. The van der Waals surface area contributed by atoms with E-state index in [-0.39, 0.29) is 0 Å². The number of guanidine groups is 1. The lowest BCUT2D eigenvalue weighted by molar-refractivity contribution is 0.391. The fraction of sp³-hybridized carbons (Fsp3) is 0.267. The number of fused-ring (bicyclic) bond motifs is 1. The average Bonchev–Trinajstić information content (AvgIpc) is 3.16. The molecule has 3 aromatic rings. The summed E-state index contributed by atoms with van der Waals surface area (Å²) in [7, 11) is 3.71. The van der Waals surface area contributed by atoms with Gasteiger partial charge >= 0.3 is 0 Å². The molecule has 0 radical (unpaired) electrons. The Kier molecular flexibility index (Phi) is 4.04. The average molecular weight is 298 g/mol. The number of hydrogen-bond donors (Lipinski definition) is 1. The maximum absolute atomic E-state index is 4.84. The topological polar surface area (TPSA) is 71.0 Å². The highest BCUT2D eigenvalue weighted by Gasteiger charge is 2.09. The standard InChI is InChI=1S/C15H18N6O/c1-16-15(20(2)10-12-6-8-22-19-12)17-9-13-11-21-7-4-3-5-14(21)18-13/h3-8,11H,9-10H2,1-2H3,(H,16,17). The van der Waals surface area contributed by atoms with Gasteiger partial charge in [0.25, 0.3) is 0 Å². The molecular weight excluding hydrogens is 280 g/mol. The number of imidazole rings is 1. The lowest BCUT2D eigenvalue weighted by Gasteiger charge is -2.20. The van der Waals surface area contributed by atoms with Crippen LogP contribution in [0.2, 0.25) is 0 Å². The third-order valence-corrected chi connectivity index (χ3v) is 3.31. The Morgan fingerprint density at radius 3 is 3.00 bits per heavy atom. The lowest BCUT2D eigenvalue weighted by Crippen LogP contribution is -2.38. The van der Waals surface area contributed by atoms with Crippen LogP contribution >= 0.6 is 0 Å². The number of nitrogens with zero attached hydrogens (tertiary/aromatic N) is 5. The second-order valence-corrected chi connectivity index (χ2v) is 4.95. The second kappa shape index (κ2) is 6.30. The molecule has 7 heteroatoms. The van der Waals surface area contributed by atoms with Crippen molar-refractivity contribution in [1.29, 1.82) is 0 Å². The molecule has 0 saturated carbocycles. The summed E-state index contributed by atoms with van der Waals surface area (Å²) in [4.78, 5) is 10.8. The summed E-state index contributed by atoms with van der Waals surface area (Å²) in [6.45, 7) is 1.23. The molecule has 0 atom stereocenters. The van der Waals surface area contributed by atoms with Gasteiger partial charge in [-0.05, 0) is 12.1 Å². The predicted molar refractivity (Wildman–Crippen MR) is 83.4 cm³/mol. The normalized spacial score (nSPS) is 11.8. The molecule has 0 aliphatic rings. The van der Waals surface area contributed by atoms with Crippen LogP contribution in [0.25, 0.3) is 5.65 Å². The van der Waals surface area contributed by atoms with Crippen LogP contribution in [0.3, 0.4) is 0 Å². The molecule has 0 aliphatic heterocycles. The summed E-state index contributed by atoms with van der Waals surface area (Å²) >= 11 is 0. The van der Waals surface area contributed by atoms with Gasteiger partial charge in [-0.3, -0.25) is 4.99 Å². The molecule has 0 unspecified atom stereocenters. The Balaban J connectivity index is 1.63. The fourth-order valence-electron chi connectivity index (χ4n) is 2.26. The SMILES string of the molecule is CN=C(NCc1cn2ccccc2n1)N(C)Cc1ccon1. The minimum Gasteiger partial charge on any atom is -0.364 e. The van der Waals surface area contributed by atoms with Crippen LogP contribution in [-0.4, -0.2) is 39.5 Å². The van der Waals surface area contributed by atoms with E-state index in [9.17, 15) is 0 Å². The van der Waals surface area contributed by atoms with Crippen LogP contribution in [-0.2, 0) is 13.1 Å². The molecule has 0 fully saturated rings. The van der Waals surface area contributed by atoms with Crippen LogP contribution in [0, 0.1) is 0 Å². The van der Waals surface area contributed by atoms with Gasteiger partial charge in [0, 0.05) is 32.6 Å². The minimum atomic E-state index is 0.609. The molecule has 0 aromatic carbocycles. The third kappa shape index (κ3) is 3.08. The van der Waals surface area contributed by atoms with Crippen molar-refractivity contribution in [3.05, 3.63) is 54.3 Å². The Bertz CT molecular complexity index is 728. The van der Waals surface area contributed by atoms with Gasteiger partial charge in [-0.2, -0.15) is 0 Å². The van der Waals surface area contributed by atoms with E-state index in [1.807, 2.05) is 53.0 Å². The molecule has 3 heterocycles. The molecule has 3 aromatic heterocycles. The number of pyridine rings is 1. The Hall–Kier alpha value is -2.83. The van der Waals surface area contributed by atoms with E-state index in [2.05, 4.69) is 20.4 Å². The Morgan fingerprint density at radius 1 is 1.36 bits per heavy atom. The molecule has 0 bridgehead atoms. The van der Waals surface area contributed by atoms with Gasteiger partial charge in [0.05, 0.1) is 18.8 Å². The van der Waals surface area contributed by atoms with E-state index in [1.165, 1.54) is 0 Å². The van der Waals surface area contributed by atoms with Crippen molar-refractivity contribution < 1.29 is 4.52 Å². The molecule has 0 spiro atoms. The number of rotatable bonds is 4. The van der Waals surface area contributed by atoms with Crippen molar-refractivity contribution in [2.24, 2.45) is 4.99 Å². The molecule has 114 valence electrons. The molecular formula is C15H18N6O. The zero-order valence-electron chi connectivity index (χ0n) is 12.6. The summed E-state index contributed by atoms with van der Waals surface area (Å²) in [5.41, 5.74) is 2.76. The predicted octanol–water partition coefficient (Wildman–Crippen LogP) is 1.53. The van der Waals surface area contributed by atoms with E-state index in [1.54, 1.807) is 13.3 Å². The smallest absolute Gasteiger partial charge is 0.194 e. The largest absolute Gasteiger partial charge is 0.364 e. The van der Waals surface area contributed by atoms with E-state index in [0.29, 0.717) is 13.1 Å². The highest BCUT2D eigenvalue weighted by Crippen LogP contribution is 2.05. The molecule has 22 heavy (non-hydrogen) atoms. The maximum Gasteiger partial charge on any atom is 0.194 e.